The predicted octanol–water partition coefficient (Wildman–Crippen LogP) is 5.22. The Morgan fingerprint density at radius 3 is 2.41 bits per heavy atom. The molecule has 10 heteroatoms. The average Bonchev–Trinajstić information content (AvgIpc) is 3.48. The minimum Gasteiger partial charge on any atom is -0.438 e. The van der Waals surface area contributed by atoms with Gasteiger partial charge in [-0.3, -0.25) is 14.3 Å². The monoisotopic (exact) mass is 597 g/mol. The molecule has 0 bridgehead atoms. The number of nitrogens with one attached hydrogen (secondary N) is 2. The molecule has 2 aliphatic rings. The molecule has 6 rings (SSSR count). The summed E-state index contributed by atoms with van der Waals surface area (Å²) in [5, 5.41) is 19.7. The van der Waals surface area contributed by atoms with Crippen LogP contribution in [0.5, 0.6) is 11.6 Å². The summed E-state index contributed by atoms with van der Waals surface area (Å²) < 4.78 is 22.2. The summed E-state index contributed by atoms with van der Waals surface area (Å²) in [6.07, 6.45) is 7.55. The first-order chi connectivity index (χ1) is 21.4. The van der Waals surface area contributed by atoms with Gasteiger partial charge in [-0.2, -0.15) is 5.10 Å². The van der Waals surface area contributed by atoms with Crippen molar-refractivity contribution in [3.63, 3.8) is 0 Å². The Kier molecular flexibility index (Phi) is 8.97. The third kappa shape index (κ3) is 6.97. The lowest BCUT2D eigenvalue weighted by atomic mass is 9.91. The number of rotatable bonds is 9. The van der Waals surface area contributed by atoms with Crippen LogP contribution in [-0.4, -0.2) is 50.4 Å². The predicted molar refractivity (Wildman–Crippen MR) is 163 cm³/mol. The van der Waals surface area contributed by atoms with E-state index < -0.39 is 11.7 Å². The van der Waals surface area contributed by atoms with Crippen LogP contribution in [0.1, 0.15) is 70.6 Å². The van der Waals surface area contributed by atoms with E-state index in [1.54, 1.807) is 6.07 Å². The summed E-state index contributed by atoms with van der Waals surface area (Å²) >= 11 is 0. The zero-order valence-corrected chi connectivity index (χ0v) is 24.5. The van der Waals surface area contributed by atoms with Gasteiger partial charge in [0.05, 0.1) is 6.20 Å². The van der Waals surface area contributed by atoms with Gasteiger partial charge in [0, 0.05) is 30.9 Å². The van der Waals surface area contributed by atoms with Gasteiger partial charge in [0.25, 0.3) is 11.8 Å². The molecule has 44 heavy (non-hydrogen) atoms. The van der Waals surface area contributed by atoms with E-state index in [0.29, 0.717) is 43.5 Å². The number of pyridine rings is 1. The Hall–Kier alpha value is -4.57. The second kappa shape index (κ2) is 13.4. The molecule has 1 aliphatic heterocycles. The van der Waals surface area contributed by atoms with Crippen molar-refractivity contribution in [2.45, 2.75) is 70.0 Å². The topological polar surface area (TPSA) is 118 Å². The SMILES string of the molecule is O=C(N[C@H]1CC[C@H](NC(=O)c2cc(F)cnc2Oc2cccc(-c3ccc(CCO)cc3)c2)CC1)c1cc2n(n1)CCCC2. The minimum atomic E-state index is -0.633. The van der Waals surface area contributed by atoms with Crippen LogP contribution in [0.3, 0.4) is 0 Å². The van der Waals surface area contributed by atoms with Crippen LogP contribution >= 0.6 is 0 Å². The van der Waals surface area contributed by atoms with Crippen molar-refractivity contribution >= 4 is 11.8 Å². The summed E-state index contributed by atoms with van der Waals surface area (Å²) in [6.45, 7) is 0.950. The number of nitrogens with zero attached hydrogens (tertiary/aromatic N) is 3. The highest BCUT2D eigenvalue weighted by atomic mass is 19.1. The van der Waals surface area contributed by atoms with Crippen LogP contribution in [0.4, 0.5) is 4.39 Å². The molecule has 9 nitrogen and oxygen atoms in total. The largest absolute Gasteiger partial charge is 0.438 e. The molecule has 2 aromatic heterocycles. The quantitative estimate of drug-likeness (QED) is 0.244. The number of aromatic nitrogens is 3. The first kappa shape index (κ1) is 29.5. The molecule has 0 spiro atoms. The molecule has 3 N–H and O–H groups in total. The Morgan fingerprint density at radius 2 is 1.68 bits per heavy atom. The summed E-state index contributed by atoms with van der Waals surface area (Å²) in [5.74, 6) is -0.770. The second-order valence-corrected chi connectivity index (χ2v) is 11.5. The molecule has 2 amide bonds. The first-order valence-corrected chi connectivity index (χ1v) is 15.3. The molecule has 2 aromatic carbocycles. The number of carbonyl (C=O) groups is 2. The van der Waals surface area contributed by atoms with E-state index in [-0.39, 0.29) is 36.0 Å². The second-order valence-electron chi connectivity index (χ2n) is 11.5. The molecule has 0 unspecified atom stereocenters. The number of aliphatic hydroxyl groups is 1. The van der Waals surface area contributed by atoms with Gasteiger partial charge in [-0.05, 0) is 92.3 Å². The van der Waals surface area contributed by atoms with E-state index in [1.165, 1.54) is 0 Å². The number of aliphatic hydroxyl groups excluding tert-OH is 1. The molecule has 1 saturated carbocycles. The standard InChI is InChI=1S/C34H36FN5O4/c35-25-19-30(34(36-21-25)44-29-6-3-4-24(18-29)23-9-7-22(8-10-23)15-17-41)32(42)37-26-11-13-27(14-12-26)38-33(43)31-20-28-5-1-2-16-40(28)39-31/h3-4,6-10,18-21,26-27,41H,1-2,5,11-17H2,(H,37,42)(H,38,43)/t26-,27-. The number of ether oxygens (including phenoxy) is 1. The van der Waals surface area contributed by atoms with Crippen molar-refractivity contribution in [1.82, 2.24) is 25.4 Å². The number of benzene rings is 2. The number of carbonyl (C=O) groups excluding carboxylic acids is 2. The highest BCUT2D eigenvalue weighted by Gasteiger charge is 2.27. The highest BCUT2D eigenvalue weighted by Crippen LogP contribution is 2.29. The molecular weight excluding hydrogens is 561 g/mol. The normalized spacial score (nSPS) is 17.9. The Labute approximate surface area is 255 Å². The lowest BCUT2D eigenvalue weighted by molar-refractivity contribution is 0.0887. The summed E-state index contributed by atoms with van der Waals surface area (Å²) in [7, 11) is 0. The van der Waals surface area contributed by atoms with Crippen LogP contribution in [0, 0.1) is 5.82 Å². The summed E-state index contributed by atoms with van der Waals surface area (Å²) in [6, 6.07) is 18.2. The number of hydrogen-bond donors (Lipinski definition) is 3. The number of amides is 2. The van der Waals surface area contributed by atoms with Gasteiger partial charge in [0.1, 0.15) is 22.8 Å². The molecule has 0 radical (unpaired) electrons. The van der Waals surface area contributed by atoms with Crippen LogP contribution in [0.15, 0.2) is 66.9 Å². The van der Waals surface area contributed by atoms with Crippen molar-refractivity contribution < 1.29 is 23.8 Å². The van der Waals surface area contributed by atoms with E-state index in [9.17, 15) is 14.0 Å². The van der Waals surface area contributed by atoms with E-state index in [0.717, 1.165) is 60.5 Å². The third-order valence-corrected chi connectivity index (χ3v) is 8.35. The van der Waals surface area contributed by atoms with Crippen molar-refractivity contribution in [3.8, 4) is 22.8 Å². The van der Waals surface area contributed by atoms with Crippen molar-refractivity contribution in [2.24, 2.45) is 0 Å². The van der Waals surface area contributed by atoms with Crippen molar-refractivity contribution in [3.05, 3.63) is 95.2 Å². The molecule has 228 valence electrons. The smallest absolute Gasteiger partial charge is 0.272 e. The van der Waals surface area contributed by atoms with Gasteiger partial charge >= 0.3 is 0 Å². The van der Waals surface area contributed by atoms with Gasteiger partial charge in [0.15, 0.2) is 0 Å². The summed E-state index contributed by atoms with van der Waals surface area (Å²) in [4.78, 5) is 30.2. The fraction of sp³-hybridized carbons (Fsp3) is 0.353. The lowest BCUT2D eigenvalue weighted by Gasteiger charge is -2.29. The minimum absolute atomic E-state index is 0.00210. The third-order valence-electron chi connectivity index (χ3n) is 8.35. The van der Waals surface area contributed by atoms with Gasteiger partial charge in [-0.15, -0.1) is 0 Å². The number of aryl methyl sites for hydroxylation is 2. The van der Waals surface area contributed by atoms with Crippen molar-refractivity contribution in [1.29, 1.82) is 0 Å². The first-order valence-electron chi connectivity index (χ1n) is 15.3. The van der Waals surface area contributed by atoms with E-state index in [2.05, 4.69) is 20.7 Å². The van der Waals surface area contributed by atoms with Crippen LogP contribution in [0.25, 0.3) is 11.1 Å². The van der Waals surface area contributed by atoms with Gasteiger partial charge in [0.2, 0.25) is 5.88 Å². The van der Waals surface area contributed by atoms with Crippen LogP contribution in [0.2, 0.25) is 0 Å². The average molecular weight is 598 g/mol. The fourth-order valence-corrected chi connectivity index (χ4v) is 5.95. The maximum Gasteiger partial charge on any atom is 0.272 e. The van der Waals surface area contributed by atoms with Crippen LogP contribution in [-0.2, 0) is 19.4 Å². The van der Waals surface area contributed by atoms with E-state index in [1.807, 2.05) is 53.2 Å². The fourth-order valence-electron chi connectivity index (χ4n) is 5.95. The van der Waals surface area contributed by atoms with E-state index in [4.69, 9.17) is 9.84 Å². The Morgan fingerprint density at radius 1 is 0.932 bits per heavy atom. The van der Waals surface area contributed by atoms with E-state index >= 15 is 0 Å². The molecule has 0 saturated heterocycles. The van der Waals surface area contributed by atoms with Crippen LogP contribution < -0.4 is 15.4 Å². The molecule has 0 atom stereocenters. The lowest BCUT2D eigenvalue weighted by Crippen LogP contribution is -2.44. The molecule has 3 heterocycles. The van der Waals surface area contributed by atoms with Crippen molar-refractivity contribution in [2.75, 3.05) is 6.61 Å². The zero-order chi connectivity index (χ0) is 30.5. The van der Waals surface area contributed by atoms with Gasteiger partial charge in [-0.1, -0.05) is 36.4 Å². The zero-order valence-electron chi connectivity index (χ0n) is 24.5. The van der Waals surface area contributed by atoms with Gasteiger partial charge in [-0.25, -0.2) is 9.37 Å². The molecule has 4 aromatic rings. The maximum absolute atomic E-state index is 14.2. The van der Waals surface area contributed by atoms with Gasteiger partial charge < -0.3 is 20.5 Å². The Balaban J connectivity index is 1.06. The molecule has 1 fully saturated rings. The Bertz CT molecular complexity index is 1610. The summed E-state index contributed by atoms with van der Waals surface area (Å²) in [5.41, 5.74) is 4.51. The highest BCUT2D eigenvalue weighted by molar-refractivity contribution is 5.96. The number of halogens is 1. The molecule has 1 aliphatic carbocycles. The maximum atomic E-state index is 14.2. The molecular formula is C34H36FN5O4. The number of hydrogen-bond acceptors (Lipinski definition) is 6. The number of fused-ring (bicyclic) bond motifs is 1.